The summed E-state index contributed by atoms with van der Waals surface area (Å²) < 4.78 is 4.03. The number of imidazole rings is 2. The van der Waals surface area contributed by atoms with Gasteiger partial charge in [-0.2, -0.15) is 5.26 Å². The van der Waals surface area contributed by atoms with Crippen LogP contribution in [0, 0.1) is 25.2 Å². The average molecular weight is 287 g/mol. The first-order chi connectivity index (χ1) is 10.7. The van der Waals surface area contributed by atoms with Crippen molar-refractivity contribution >= 4 is 16.7 Å². The quantitative estimate of drug-likeness (QED) is 0.540. The lowest BCUT2D eigenvalue weighted by atomic mass is 10.1. The van der Waals surface area contributed by atoms with Gasteiger partial charge in [0.25, 0.3) is 0 Å². The molecule has 4 rings (SSSR count). The zero-order valence-electron chi connectivity index (χ0n) is 12.3. The standard InChI is InChI=1S/C17H13N5/c1-11-9-16(21-8-7-19-12(21)2)22-15-6-4-3-5-14(15)20-17(22)13(11)10-18/h3-9H,1-2H3. The van der Waals surface area contributed by atoms with Gasteiger partial charge in [-0.15, -0.1) is 0 Å². The number of fused-ring (bicyclic) bond motifs is 3. The van der Waals surface area contributed by atoms with E-state index in [-0.39, 0.29) is 0 Å². The van der Waals surface area contributed by atoms with Crippen LogP contribution in [0.2, 0.25) is 0 Å². The van der Waals surface area contributed by atoms with Gasteiger partial charge >= 0.3 is 0 Å². The summed E-state index contributed by atoms with van der Waals surface area (Å²) in [5.41, 5.74) is 4.07. The largest absolute Gasteiger partial charge is 0.289 e. The number of hydrogen-bond acceptors (Lipinski definition) is 3. The molecule has 1 aromatic carbocycles. The number of nitriles is 1. The fourth-order valence-corrected chi connectivity index (χ4v) is 2.87. The van der Waals surface area contributed by atoms with Gasteiger partial charge in [0.2, 0.25) is 0 Å². The third-order valence-electron chi connectivity index (χ3n) is 3.94. The first-order valence-corrected chi connectivity index (χ1v) is 7.02. The molecule has 0 unspecified atom stereocenters. The number of para-hydroxylation sites is 2. The molecular formula is C17H13N5. The summed E-state index contributed by atoms with van der Waals surface area (Å²) in [6.07, 6.45) is 3.69. The predicted octanol–water partition coefficient (Wildman–Crippen LogP) is 3.16. The lowest BCUT2D eigenvalue weighted by Crippen LogP contribution is -2.05. The molecule has 3 aromatic heterocycles. The molecule has 0 N–H and O–H groups in total. The average Bonchev–Trinajstić information content (AvgIpc) is 3.10. The van der Waals surface area contributed by atoms with Gasteiger partial charge < -0.3 is 0 Å². The Morgan fingerprint density at radius 3 is 2.73 bits per heavy atom. The van der Waals surface area contributed by atoms with Crippen molar-refractivity contribution in [2.75, 3.05) is 0 Å². The lowest BCUT2D eigenvalue weighted by Gasteiger charge is -2.12. The minimum absolute atomic E-state index is 0.609. The number of aromatic nitrogens is 4. The zero-order valence-corrected chi connectivity index (χ0v) is 12.3. The van der Waals surface area contributed by atoms with Crippen molar-refractivity contribution in [3.05, 3.63) is 59.7 Å². The normalized spacial score (nSPS) is 11.1. The van der Waals surface area contributed by atoms with Gasteiger partial charge in [-0.1, -0.05) is 12.1 Å². The van der Waals surface area contributed by atoms with Crippen LogP contribution in [0.25, 0.3) is 22.5 Å². The molecule has 3 heterocycles. The molecule has 0 spiro atoms. The number of hydrogen-bond donors (Lipinski definition) is 0. The number of pyridine rings is 1. The maximum atomic E-state index is 9.50. The second kappa shape index (κ2) is 4.43. The van der Waals surface area contributed by atoms with E-state index >= 15 is 0 Å². The van der Waals surface area contributed by atoms with Gasteiger partial charge in [-0.05, 0) is 37.6 Å². The third kappa shape index (κ3) is 1.58. The minimum Gasteiger partial charge on any atom is -0.289 e. The first kappa shape index (κ1) is 12.6. The van der Waals surface area contributed by atoms with E-state index in [0.29, 0.717) is 11.2 Å². The van der Waals surface area contributed by atoms with Crippen LogP contribution in [0.4, 0.5) is 0 Å². The molecule has 106 valence electrons. The summed E-state index contributed by atoms with van der Waals surface area (Å²) in [5.74, 6) is 1.83. The summed E-state index contributed by atoms with van der Waals surface area (Å²) in [7, 11) is 0. The highest BCUT2D eigenvalue weighted by atomic mass is 15.2. The Morgan fingerprint density at radius 1 is 1.18 bits per heavy atom. The van der Waals surface area contributed by atoms with E-state index in [9.17, 15) is 5.26 Å². The summed E-state index contributed by atoms with van der Waals surface area (Å²) in [6.45, 7) is 3.89. The Labute approximate surface area is 127 Å². The number of aryl methyl sites for hydroxylation is 2. The number of nitrogens with zero attached hydrogens (tertiary/aromatic N) is 5. The topological polar surface area (TPSA) is 58.9 Å². The maximum Gasteiger partial charge on any atom is 0.157 e. The molecule has 0 atom stereocenters. The predicted molar refractivity (Wildman–Crippen MR) is 84.0 cm³/mol. The van der Waals surface area contributed by atoms with E-state index in [0.717, 1.165) is 28.2 Å². The summed E-state index contributed by atoms with van der Waals surface area (Å²) in [4.78, 5) is 8.95. The third-order valence-corrected chi connectivity index (χ3v) is 3.94. The van der Waals surface area contributed by atoms with E-state index < -0.39 is 0 Å². The second-order valence-corrected chi connectivity index (χ2v) is 5.28. The van der Waals surface area contributed by atoms with Crippen LogP contribution in [0.1, 0.15) is 17.0 Å². The van der Waals surface area contributed by atoms with Gasteiger partial charge in [0.05, 0.1) is 16.6 Å². The SMILES string of the molecule is Cc1cc(-n2ccnc2C)n2c(nc3ccccc32)c1C#N. The monoisotopic (exact) mass is 287 g/mol. The summed E-state index contributed by atoms with van der Waals surface area (Å²) >= 11 is 0. The Bertz CT molecular complexity index is 1060. The van der Waals surface area contributed by atoms with E-state index in [1.807, 2.05) is 59.3 Å². The van der Waals surface area contributed by atoms with Gasteiger partial charge in [0, 0.05) is 12.4 Å². The molecular weight excluding hydrogens is 274 g/mol. The van der Waals surface area contributed by atoms with E-state index in [1.165, 1.54) is 0 Å². The Kier molecular flexibility index (Phi) is 2.54. The van der Waals surface area contributed by atoms with Crippen LogP contribution in [-0.4, -0.2) is 18.9 Å². The van der Waals surface area contributed by atoms with Gasteiger partial charge in [0.15, 0.2) is 5.65 Å². The van der Waals surface area contributed by atoms with Crippen LogP contribution in [0.3, 0.4) is 0 Å². The highest BCUT2D eigenvalue weighted by Crippen LogP contribution is 2.26. The van der Waals surface area contributed by atoms with Gasteiger partial charge in [0.1, 0.15) is 17.7 Å². The Hall–Kier alpha value is -3.13. The highest BCUT2D eigenvalue weighted by molar-refractivity contribution is 5.84. The number of benzene rings is 1. The van der Waals surface area contributed by atoms with Crippen molar-refractivity contribution in [3.8, 4) is 11.9 Å². The molecule has 5 heteroatoms. The fourth-order valence-electron chi connectivity index (χ4n) is 2.87. The molecule has 0 amide bonds. The molecule has 0 aliphatic rings. The van der Waals surface area contributed by atoms with Crippen molar-refractivity contribution in [1.82, 2.24) is 18.9 Å². The minimum atomic E-state index is 0.609. The van der Waals surface area contributed by atoms with E-state index in [1.54, 1.807) is 6.20 Å². The van der Waals surface area contributed by atoms with Crippen molar-refractivity contribution in [2.24, 2.45) is 0 Å². The van der Waals surface area contributed by atoms with Crippen molar-refractivity contribution < 1.29 is 0 Å². The molecule has 0 fully saturated rings. The molecule has 5 nitrogen and oxygen atoms in total. The molecule has 0 saturated carbocycles. The van der Waals surface area contributed by atoms with Crippen LogP contribution >= 0.6 is 0 Å². The fraction of sp³-hybridized carbons (Fsp3) is 0.118. The molecule has 22 heavy (non-hydrogen) atoms. The highest BCUT2D eigenvalue weighted by Gasteiger charge is 2.16. The Balaban J connectivity index is 2.27. The van der Waals surface area contributed by atoms with Crippen LogP contribution in [0.5, 0.6) is 0 Å². The number of rotatable bonds is 1. The Morgan fingerprint density at radius 2 is 2.00 bits per heavy atom. The smallest absolute Gasteiger partial charge is 0.157 e. The van der Waals surface area contributed by atoms with Crippen molar-refractivity contribution in [3.63, 3.8) is 0 Å². The summed E-state index contributed by atoms with van der Waals surface area (Å²) in [6, 6.07) is 12.2. The van der Waals surface area contributed by atoms with Crippen LogP contribution in [-0.2, 0) is 0 Å². The maximum absolute atomic E-state index is 9.50. The van der Waals surface area contributed by atoms with Crippen LogP contribution < -0.4 is 0 Å². The molecule has 4 aromatic rings. The zero-order chi connectivity index (χ0) is 15.3. The molecule has 0 aliphatic heterocycles. The molecule has 0 radical (unpaired) electrons. The van der Waals surface area contributed by atoms with Gasteiger partial charge in [-0.25, -0.2) is 9.97 Å². The second-order valence-electron chi connectivity index (χ2n) is 5.28. The van der Waals surface area contributed by atoms with E-state index in [4.69, 9.17) is 0 Å². The van der Waals surface area contributed by atoms with Gasteiger partial charge in [-0.3, -0.25) is 8.97 Å². The van der Waals surface area contributed by atoms with Crippen molar-refractivity contribution in [2.45, 2.75) is 13.8 Å². The lowest BCUT2D eigenvalue weighted by molar-refractivity contribution is 0.913. The first-order valence-electron chi connectivity index (χ1n) is 7.02. The van der Waals surface area contributed by atoms with Crippen LogP contribution in [0.15, 0.2) is 42.7 Å². The molecule has 0 saturated heterocycles. The molecule has 0 bridgehead atoms. The van der Waals surface area contributed by atoms with Crippen molar-refractivity contribution in [1.29, 1.82) is 5.26 Å². The molecule has 0 aliphatic carbocycles. The van der Waals surface area contributed by atoms with E-state index in [2.05, 4.69) is 16.0 Å². The summed E-state index contributed by atoms with van der Waals surface area (Å²) in [5, 5.41) is 9.50.